The third-order valence-corrected chi connectivity index (χ3v) is 8.44. The largest absolute Gasteiger partial charge is 0.467 e. The van der Waals surface area contributed by atoms with E-state index in [0.29, 0.717) is 51.4 Å². The van der Waals surface area contributed by atoms with Gasteiger partial charge in [0.25, 0.3) is 0 Å². The molecule has 0 aliphatic rings. The molecule has 0 saturated carbocycles. The summed E-state index contributed by atoms with van der Waals surface area (Å²) < 4.78 is 21.0. The van der Waals surface area contributed by atoms with Crippen LogP contribution in [0, 0.1) is 0 Å². The molecule has 0 radical (unpaired) electrons. The number of ether oxygens (including phenoxy) is 4. The van der Waals surface area contributed by atoms with E-state index in [4.69, 9.17) is 18.9 Å². The predicted octanol–water partition coefficient (Wildman–Crippen LogP) is 6.06. The first-order valence-electron chi connectivity index (χ1n) is 21.3. The van der Waals surface area contributed by atoms with Crippen LogP contribution in [0.4, 0.5) is 14.4 Å². The van der Waals surface area contributed by atoms with Gasteiger partial charge in [-0.25, -0.2) is 19.2 Å². The predicted molar refractivity (Wildman–Crippen MR) is 225 cm³/mol. The van der Waals surface area contributed by atoms with Gasteiger partial charge in [0.05, 0.1) is 7.11 Å². The van der Waals surface area contributed by atoms with Gasteiger partial charge < -0.3 is 50.8 Å². The maximum absolute atomic E-state index is 14.1. The SMILES string of the molecule is CCCCCC(NC(=O)[C@H](CCCCNC(=O)OC(C)(C)C)NC(=O)[C@H](CCCCNC(=O)OC(C)(C)C)NC(=O)[C@H](CCCCC)NC(=O)OC(C)(C)C)C(=O)OC. The van der Waals surface area contributed by atoms with E-state index in [1.807, 2.05) is 13.8 Å². The maximum Gasteiger partial charge on any atom is 0.408 e. The highest BCUT2D eigenvalue weighted by Crippen LogP contribution is 2.13. The first-order valence-corrected chi connectivity index (χ1v) is 21.3. The van der Waals surface area contributed by atoms with Crippen LogP contribution in [0.2, 0.25) is 0 Å². The van der Waals surface area contributed by atoms with Crippen molar-refractivity contribution in [2.24, 2.45) is 0 Å². The van der Waals surface area contributed by atoms with Crippen molar-refractivity contribution in [2.45, 2.75) is 207 Å². The summed E-state index contributed by atoms with van der Waals surface area (Å²) in [4.78, 5) is 91.6. The van der Waals surface area contributed by atoms with Crippen molar-refractivity contribution in [3.63, 3.8) is 0 Å². The van der Waals surface area contributed by atoms with E-state index in [0.717, 1.165) is 25.7 Å². The zero-order valence-electron chi connectivity index (χ0n) is 38.1. The van der Waals surface area contributed by atoms with Gasteiger partial charge in [0.15, 0.2) is 0 Å². The normalized spacial score (nSPS) is 13.7. The van der Waals surface area contributed by atoms with Crippen molar-refractivity contribution in [1.29, 1.82) is 0 Å². The van der Waals surface area contributed by atoms with Gasteiger partial charge in [-0.3, -0.25) is 14.4 Å². The molecule has 0 aliphatic heterocycles. The fourth-order valence-corrected chi connectivity index (χ4v) is 5.62. The molecule has 6 amide bonds. The average Bonchev–Trinajstić information content (AvgIpc) is 3.10. The molecule has 0 aromatic heterocycles. The van der Waals surface area contributed by atoms with E-state index in [1.54, 1.807) is 62.3 Å². The third-order valence-electron chi connectivity index (χ3n) is 8.44. The van der Waals surface area contributed by atoms with Crippen LogP contribution in [0.15, 0.2) is 0 Å². The van der Waals surface area contributed by atoms with Crippen molar-refractivity contribution in [3.05, 3.63) is 0 Å². The minimum atomic E-state index is -1.15. The number of carbonyl (C=O) groups is 7. The Balaban J connectivity index is 6.37. The highest BCUT2D eigenvalue weighted by molar-refractivity contribution is 5.94. The smallest absolute Gasteiger partial charge is 0.408 e. The second kappa shape index (κ2) is 28.2. The van der Waals surface area contributed by atoms with Crippen LogP contribution in [-0.4, -0.2) is 103 Å². The second-order valence-electron chi connectivity index (χ2n) is 17.7. The van der Waals surface area contributed by atoms with Gasteiger partial charge in [0.1, 0.15) is 41.0 Å². The molecule has 0 fully saturated rings. The summed E-state index contributed by atoms with van der Waals surface area (Å²) >= 11 is 0. The minimum absolute atomic E-state index is 0.123. The molecule has 0 aromatic carbocycles. The first-order chi connectivity index (χ1) is 27.4. The molecule has 0 saturated heterocycles. The number of amides is 6. The van der Waals surface area contributed by atoms with Crippen LogP contribution in [-0.2, 0) is 38.1 Å². The lowest BCUT2D eigenvalue weighted by Gasteiger charge is -2.27. The van der Waals surface area contributed by atoms with E-state index in [9.17, 15) is 33.6 Å². The lowest BCUT2D eigenvalue weighted by Crippen LogP contribution is -2.58. The van der Waals surface area contributed by atoms with Gasteiger partial charge in [0.2, 0.25) is 17.7 Å². The third kappa shape index (κ3) is 28.7. The topological polar surface area (TPSA) is 229 Å². The molecule has 1 unspecified atom stereocenters. The van der Waals surface area contributed by atoms with Crippen LogP contribution in [0.3, 0.4) is 0 Å². The molecule has 0 rings (SSSR count). The van der Waals surface area contributed by atoms with Crippen LogP contribution in [0.1, 0.15) is 166 Å². The minimum Gasteiger partial charge on any atom is -0.467 e. The second-order valence-corrected chi connectivity index (χ2v) is 17.7. The van der Waals surface area contributed by atoms with Crippen LogP contribution in [0.5, 0.6) is 0 Å². The summed E-state index contributed by atoms with van der Waals surface area (Å²) in [6, 6.07) is -4.23. The van der Waals surface area contributed by atoms with E-state index in [-0.39, 0.29) is 25.9 Å². The van der Waals surface area contributed by atoms with Crippen molar-refractivity contribution in [2.75, 3.05) is 20.2 Å². The fraction of sp³-hybridized carbons (Fsp3) is 0.833. The number of unbranched alkanes of at least 4 members (excludes halogenated alkanes) is 6. The molecule has 6 N–H and O–H groups in total. The Morgan fingerprint density at radius 1 is 0.424 bits per heavy atom. The summed E-state index contributed by atoms with van der Waals surface area (Å²) in [5, 5.41) is 16.4. The summed E-state index contributed by atoms with van der Waals surface area (Å²) in [6.07, 6.45) is 5.30. The van der Waals surface area contributed by atoms with E-state index >= 15 is 0 Å². The Labute approximate surface area is 353 Å². The Morgan fingerprint density at radius 3 is 1.07 bits per heavy atom. The van der Waals surface area contributed by atoms with Gasteiger partial charge in [-0.05, 0) is 114 Å². The lowest BCUT2D eigenvalue weighted by atomic mass is 10.0. The molecule has 59 heavy (non-hydrogen) atoms. The van der Waals surface area contributed by atoms with Crippen LogP contribution >= 0.6 is 0 Å². The summed E-state index contributed by atoms with van der Waals surface area (Å²) in [5.74, 6) is -2.48. The molecule has 4 atom stereocenters. The molecular formula is C42H78N6O11. The van der Waals surface area contributed by atoms with Crippen molar-refractivity contribution >= 4 is 42.0 Å². The highest BCUT2D eigenvalue weighted by Gasteiger charge is 2.32. The molecular weight excluding hydrogens is 764 g/mol. The van der Waals surface area contributed by atoms with Gasteiger partial charge in [-0.15, -0.1) is 0 Å². The number of alkyl carbamates (subject to hydrolysis) is 3. The molecule has 0 spiro atoms. The lowest BCUT2D eigenvalue weighted by molar-refractivity contribution is -0.145. The van der Waals surface area contributed by atoms with Gasteiger partial charge >= 0.3 is 24.2 Å². The van der Waals surface area contributed by atoms with Crippen LogP contribution < -0.4 is 31.9 Å². The van der Waals surface area contributed by atoms with E-state index < -0.39 is 82.9 Å². The summed E-state index contributed by atoms with van der Waals surface area (Å²) in [6.45, 7) is 20.2. The Bertz CT molecular complexity index is 1310. The Hall–Kier alpha value is -4.31. The zero-order valence-corrected chi connectivity index (χ0v) is 38.1. The molecule has 0 aromatic rings. The van der Waals surface area contributed by atoms with Gasteiger partial charge in [-0.1, -0.05) is 52.4 Å². The van der Waals surface area contributed by atoms with Crippen molar-refractivity contribution < 1.29 is 52.5 Å². The van der Waals surface area contributed by atoms with E-state index in [1.165, 1.54) is 7.11 Å². The number of carbonyl (C=O) groups excluding carboxylic acids is 7. The van der Waals surface area contributed by atoms with E-state index in [2.05, 4.69) is 31.9 Å². The fourth-order valence-electron chi connectivity index (χ4n) is 5.62. The van der Waals surface area contributed by atoms with Crippen molar-refractivity contribution in [1.82, 2.24) is 31.9 Å². The Kier molecular flexibility index (Phi) is 26.1. The number of rotatable bonds is 26. The number of methoxy groups -OCH3 is 1. The number of esters is 1. The molecule has 17 heteroatoms. The van der Waals surface area contributed by atoms with Crippen LogP contribution in [0.25, 0.3) is 0 Å². The quantitative estimate of drug-likeness (QED) is 0.0333. The monoisotopic (exact) mass is 843 g/mol. The maximum atomic E-state index is 14.1. The molecule has 0 heterocycles. The standard InChI is InChI=1S/C42H78N6O11/c1-13-15-17-23-31(48-39(55)59-42(9,10)11)35(51)46-29(24-19-21-27-43-37(53)57-40(3,4)5)33(49)45-30(25-20-22-28-44-38(54)58-41(6,7)8)34(50)47-32(36(52)56-12)26-18-16-14-2/h29-32H,13-28H2,1-12H3,(H,43,53)(H,44,54)(H,45,49)(H,46,51)(H,47,50)(H,48,55)/t29-,30-,31-,32?/m0/s1. The van der Waals surface area contributed by atoms with Gasteiger partial charge in [-0.2, -0.15) is 0 Å². The molecule has 342 valence electrons. The number of hydrogen-bond acceptors (Lipinski definition) is 11. The zero-order chi connectivity index (χ0) is 45.2. The summed E-state index contributed by atoms with van der Waals surface area (Å²) in [7, 11) is 1.24. The Morgan fingerprint density at radius 2 is 0.729 bits per heavy atom. The molecule has 0 bridgehead atoms. The molecule has 0 aliphatic carbocycles. The molecule has 17 nitrogen and oxygen atoms in total. The first kappa shape index (κ1) is 54.7. The average molecular weight is 843 g/mol. The van der Waals surface area contributed by atoms with Gasteiger partial charge in [0, 0.05) is 13.1 Å². The van der Waals surface area contributed by atoms with Crippen molar-refractivity contribution in [3.8, 4) is 0 Å². The number of hydrogen-bond donors (Lipinski definition) is 6. The highest BCUT2D eigenvalue weighted by atomic mass is 16.6. The number of nitrogens with one attached hydrogen (secondary N) is 6. The summed E-state index contributed by atoms with van der Waals surface area (Å²) in [5.41, 5.74) is -2.16.